The molecule has 1 aliphatic heterocycles. The van der Waals surface area contributed by atoms with Gasteiger partial charge in [-0.2, -0.15) is 0 Å². The highest BCUT2D eigenvalue weighted by atomic mass is 32.1. The molecule has 0 spiro atoms. The van der Waals surface area contributed by atoms with Gasteiger partial charge in [0.15, 0.2) is 5.13 Å². The van der Waals surface area contributed by atoms with Gasteiger partial charge in [0.1, 0.15) is 10.3 Å². The van der Waals surface area contributed by atoms with Gasteiger partial charge < -0.3 is 10.2 Å². The summed E-state index contributed by atoms with van der Waals surface area (Å²) in [5.41, 5.74) is 0.935. The second-order valence-corrected chi connectivity index (χ2v) is 8.22. The topological polar surface area (TPSA) is 58.1 Å². The van der Waals surface area contributed by atoms with Gasteiger partial charge in [-0.1, -0.05) is 17.4 Å². The lowest BCUT2D eigenvalue weighted by Crippen LogP contribution is -2.43. The summed E-state index contributed by atoms with van der Waals surface area (Å²) in [6.07, 6.45) is 4.67. The molecule has 0 radical (unpaired) electrons. The van der Waals surface area contributed by atoms with Crippen molar-refractivity contribution < 1.29 is 4.79 Å². The molecule has 1 amide bonds. The van der Waals surface area contributed by atoms with Crippen LogP contribution in [0.2, 0.25) is 0 Å². The third-order valence-electron chi connectivity index (χ3n) is 4.47. The van der Waals surface area contributed by atoms with Gasteiger partial charge in [0, 0.05) is 30.7 Å². The summed E-state index contributed by atoms with van der Waals surface area (Å²) < 4.78 is 0. The zero-order valence-corrected chi connectivity index (χ0v) is 15.5. The molecule has 25 heavy (non-hydrogen) atoms. The minimum atomic E-state index is 0.0389. The molecule has 3 aromatic heterocycles. The Labute approximate surface area is 154 Å². The van der Waals surface area contributed by atoms with Crippen molar-refractivity contribution in [3.05, 3.63) is 40.7 Å². The first-order valence-corrected chi connectivity index (χ1v) is 10.3. The average molecular weight is 373 g/mol. The van der Waals surface area contributed by atoms with Crippen molar-refractivity contribution in [1.82, 2.24) is 15.3 Å². The molecule has 0 aromatic carbocycles. The largest absolute Gasteiger partial charge is 0.355 e. The van der Waals surface area contributed by atoms with E-state index in [1.54, 1.807) is 28.9 Å². The highest BCUT2D eigenvalue weighted by Gasteiger charge is 2.27. The molecule has 4 heterocycles. The van der Waals surface area contributed by atoms with Crippen LogP contribution in [0.25, 0.3) is 10.3 Å². The number of aromatic nitrogens is 2. The minimum absolute atomic E-state index is 0.0389. The first-order chi connectivity index (χ1) is 12.3. The molecule has 1 N–H and O–H groups in total. The van der Waals surface area contributed by atoms with E-state index in [2.05, 4.69) is 31.6 Å². The van der Waals surface area contributed by atoms with Crippen molar-refractivity contribution in [2.24, 2.45) is 5.92 Å². The number of hydrogen-bond donors (Lipinski definition) is 1. The summed E-state index contributed by atoms with van der Waals surface area (Å²) >= 11 is 3.34. The van der Waals surface area contributed by atoms with E-state index in [1.807, 2.05) is 18.2 Å². The Balaban J connectivity index is 1.36. The van der Waals surface area contributed by atoms with Crippen LogP contribution in [0.5, 0.6) is 0 Å². The Bertz CT molecular complexity index is 813. The van der Waals surface area contributed by atoms with E-state index in [1.165, 1.54) is 4.88 Å². The van der Waals surface area contributed by atoms with Gasteiger partial charge in [-0.3, -0.25) is 4.79 Å². The number of nitrogens with zero attached hydrogens (tertiary/aromatic N) is 3. The van der Waals surface area contributed by atoms with E-state index in [0.29, 0.717) is 6.54 Å². The summed E-state index contributed by atoms with van der Waals surface area (Å²) in [6, 6.07) is 8.06. The van der Waals surface area contributed by atoms with Crippen LogP contribution >= 0.6 is 22.7 Å². The first-order valence-electron chi connectivity index (χ1n) is 8.56. The quantitative estimate of drug-likeness (QED) is 0.746. The maximum Gasteiger partial charge on any atom is 0.224 e. The van der Waals surface area contributed by atoms with Gasteiger partial charge in [0.05, 0.1) is 5.92 Å². The molecule has 1 aliphatic rings. The highest BCUT2D eigenvalue weighted by Crippen LogP contribution is 2.30. The fourth-order valence-electron chi connectivity index (χ4n) is 3.17. The second kappa shape index (κ2) is 7.49. The number of thiazole rings is 1. The monoisotopic (exact) mass is 372 g/mol. The Hall–Kier alpha value is -1.99. The van der Waals surface area contributed by atoms with E-state index in [0.717, 1.165) is 47.8 Å². The van der Waals surface area contributed by atoms with E-state index in [4.69, 9.17) is 0 Å². The number of amides is 1. The van der Waals surface area contributed by atoms with E-state index >= 15 is 0 Å². The lowest BCUT2D eigenvalue weighted by atomic mass is 9.97. The van der Waals surface area contributed by atoms with Gasteiger partial charge in [-0.25, -0.2) is 9.97 Å². The highest BCUT2D eigenvalue weighted by molar-refractivity contribution is 7.21. The number of carbonyl (C=O) groups is 1. The van der Waals surface area contributed by atoms with Crippen LogP contribution in [-0.2, 0) is 11.2 Å². The Kier molecular flexibility index (Phi) is 4.94. The smallest absolute Gasteiger partial charge is 0.224 e. The lowest BCUT2D eigenvalue weighted by Gasteiger charge is -2.31. The van der Waals surface area contributed by atoms with Gasteiger partial charge in [-0.15, -0.1) is 11.3 Å². The van der Waals surface area contributed by atoms with E-state index < -0.39 is 0 Å². The van der Waals surface area contributed by atoms with Crippen LogP contribution in [-0.4, -0.2) is 35.5 Å². The minimum Gasteiger partial charge on any atom is -0.355 e. The summed E-state index contributed by atoms with van der Waals surface area (Å²) in [5, 5.41) is 6.15. The van der Waals surface area contributed by atoms with Crippen LogP contribution in [0, 0.1) is 5.92 Å². The van der Waals surface area contributed by atoms with E-state index in [-0.39, 0.29) is 11.8 Å². The molecule has 5 nitrogen and oxygen atoms in total. The number of rotatable bonds is 5. The number of hydrogen-bond acceptors (Lipinski definition) is 6. The molecule has 1 atom stereocenters. The predicted molar refractivity (Wildman–Crippen MR) is 103 cm³/mol. The molecule has 0 aliphatic carbocycles. The van der Waals surface area contributed by atoms with E-state index in [9.17, 15) is 4.79 Å². The second-order valence-electron chi connectivity index (χ2n) is 6.23. The van der Waals surface area contributed by atoms with Crippen molar-refractivity contribution >= 4 is 44.1 Å². The third-order valence-corrected chi connectivity index (χ3v) is 6.44. The molecule has 7 heteroatoms. The van der Waals surface area contributed by atoms with Crippen LogP contribution in [0.3, 0.4) is 0 Å². The number of pyridine rings is 1. The fourth-order valence-corrected chi connectivity index (χ4v) is 4.82. The molecule has 0 saturated carbocycles. The molecule has 1 fully saturated rings. The lowest BCUT2D eigenvalue weighted by molar-refractivity contribution is -0.125. The Morgan fingerprint density at radius 3 is 3.16 bits per heavy atom. The van der Waals surface area contributed by atoms with Crippen molar-refractivity contribution in [3.8, 4) is 0 Å². The number of fused-ring (bicyclic) bond motifs is 1. The SMILES string of the molecule is O=C(NCCc1cccs1)C1CCCN(c2nc3cccnc3s2)C1. The molecule has 4 rings (SSSR count). The number of carbonyl (C=O) groups excluding carboxylic acids is 1. The summed E-state index contributed by atoms with van der Waals surface area (Å²) in [4.78, 5) is 26.1. The van der Waals surface area contributed by atoms with Crippen LogP contribution in [0.15, 0.2) is 35.8 Å². The number of anilines is 1. The summed E-state index contributed by atoms with van der Waals surface area (Å²) in [5.74, 6) is 0.206. The van der Waals surface area contributed by atoms with Crippen LogP contribution in [0.1, 0.15) is 17.7 Å². The Morgan fingerprint density at radius 2 is 2.32 bits per heavy atom. The van der Waals surface area contributed by atoms with Crippen molar-refractivity contribution in [2.45, 2.75) is 19.3 Å². The van der Waals surface area contributed by atoms with Gasteiger partial charge in [0.2, 0.25) is 5.91 Å². The van der Waals surface area contributed by atoms with Gasteiger partial charge in [-0.05, 0) is 42.8 Å². The zero-order chi connectivity index (χ0) is 17.1. The van der Waals surface area contributed by atoms with Gasteiger partial charge in [0.25, 0.3) is 0 Å². The number of thiophene rings is 1. The third kappa shape index (κ3) is 3.82. The van der Waals surface area contributed by atoms with Crippen molar-refractivity contribution in [1.29, 1.82) is 0 Å². The van der Waals surface area contributed by atoms with Crippen LogP contribution in [0.4, 0.5) is 5.13 Å². The summed E-state index contributed by atoms with van der Waals surface area (Å²) in [6.45, 7) is 2.41. The molecule has 3 aromatic rings. The van der Waals surface area contributed by atoms with Crippen molar-refractivity contribution in [3.63, 3.8) is 0 Å². The molecule has 1 unspecified atom stereocenters. The van der Waals surface area contributed by atoms with Crippen LogP contribution < -0.4 is 10.2 Å². The molecule has 0 bridgehead atoms. The fraction of sp³-hybridized carbons (Fsp3) is 0.389. The number of nitrogens with one attached hydrogen (secondary N) is 1. The van der Waals surface area contributed by atoms with Crippen molar-refractivity contribution in [2.75, 3.05) is 24.5 Å². The van der Waals surface area contributed by atoms with Gasteiger partial charge >= 0.3 is 0 Å². The zero-order valence-electron chi connectivity index (χ0n) is 13.9. The summed E-state index contributed by atoms with van der Waals surface area (Å²) in [7, 11) is 0. The number of piperidine rings is 1. The first kappa shape index (κ1) is 16.5. The molecule has 130 valence electrons. The Morgan fingerprint density at radius 1 is 1.36 bits per heavy atom. The maximum absolute atomic E-state index is 12.5. The maximum atomic E-state index is 12.5. The standard InChI is InChI=1S/C18H20N4OS2/c23-16(19-9-7-14-5-3-11-24-14)13-4-2-10-22(12-13)18-21-15-6-1-8-20-17(15)25-18/h1,3,5-6,8,11,13H,2,4,7,9-10,12H2,(H,19,23). The molecule has 1 saturated heterocycles. The normalized spacial score (nSPS) is 17.8. The molecular weight excluding hydrogens is 352 g/mol. The molecular formula is C18H20N4OS2. The predicted octanol–water partition coefficient (Wildman–Crippen LogP) is 3.33. The average Bonchev–Trinajstić information content (AvgIpc) is 3.31.